The van der Waals surface area contributed by atoms with Crippen LogP contribution in [-0.4, -0.2) is 37.6 Å². The monoisotopic (exact) mass is 312 g/mol. The van der Waals surface area contributed by atoms with E-state index in [0.29, 0.717) is 12.2 Å². The summed E-state index contributed by atoms with van der Waals surface area (Å²) < 4.78 is 18.4. The van der Waals surface area contributed by atoms with E-state index in [1.807, 2.05) is 0 Å². The van der Waals surface area contributed by atoms with Gasteiger partial charge >= 0.3 is 0 Å². The molecule has 0 radical (unpaired) electrons. The van der Waals surface area contributed by atoms with Gasteiger partial charge in [-0.2, -0.15) is 0 Å². The summed E-state index contributed by atoms with van der Waals surface area (Å²) in [5, 5.41) is 0. The molecule has 2 fully saturated rings. The van der Waals surface area contributed by atoms with Gasteiger partial charge in [-0.15, -0.1) is 0 Å². The minimum atomic E-state index is -0.115. The van der Waals surface area contributed by atoms with E-state index in [-0.39, 0.29) is 5.60 Å². The molecule has 3 heteroatoms. The van der Waals surface area contributed by atoms with Gasteiger partial charge in [0.1, 0.15) is 0 Å². The van der Waals surface area contributed by atoms with Crippen LogP contribution in [0.4, 0.5) is 0 Å². The van der Waals surface area contributed by atoms with Crippen LogP contribution in [0.1, 0.15) is 78.6 Å². The van der Waals surface area contributed by atoms with Crippen LogP contribution in [0.5, 0.6) is 0 Å². The molecule has 0 aromatic heterocycles. The minimum Gasteiger partial charge on any atom is -0.378 e. The van der Waals surface area contributed by atoms with Crippen LogP contribution in [0.15, 0.2) is 0 Å². The molecule has 0 heterocycles. The van der Waals surface area contributed by atoms with Gasteiger partial charge in [0.25, 0.3) is 0 Å². The van der Waals surface area contributed by atoms with E-state index in [2.05, 4.69) is 20.8 Å². The highest BCUT2D eigenvalue weighted by Gasteiger charge is 2.38. The highest BCUT2D eigenvalue weighted by atomic mass is 16.5. The molecule has 3 nitrogen and oxygen atoms in total. The van der Waals surface area contributed by atoms with Gasteiger partial charge < -0.3 is 14.2 Å². The molecule has 130 valence electrons. The Morgan fingerprint density at radius 3 is 2.45 bits per heavy atom. The van der Waals surface area contributed by atoms with Gasteiger partial charge in [0.05, 0.1) is 24.4 Å². The van der Waals surface area contributed by atoms with Crippen LogP contribution in [-0.2, 0) is 14.2 Å². The molecule has 2 aliphatic carbocycles. The maximum Gasteiger partial charge on any atom is 0.0939 e. The van der Waals surface area contributed by atoms with Crippen molar-refractivity contribution in [3.63, 3.8) is 0 Å². The van der Waals surface area contributed by atoms with Crippen molar-refractivity contribution in [1.82, 2.24) is 0 Å². The van der Waals surface area contributed by atoms with E-state index >= 15 is 0 Å². The van der Waals surface area contributed by atoms with Crippen molar-refractivity contribution < 1.29 is 14.2 Å². The largest absolute Gasteiger partial charge is 0.378 e. The second-order valence-electron chi connectivity index (χ2n) is 7.20. The highest BCUT2D eigenvalue weighted by molar-refractivity contribution is 4.89. The third-order valence-corrected chi connectivity index (χ3v) is 5.53. The second-order valence-corrected chi connectivity index (χ2v) is 7.20. The summed E-state index contributed by atoms with van der Waals surface area (Å²) >= 11 is 0. The molecule has 0 amide bonds. The lowest BCUT2D eigenvalue weighted by Crippen LogP contribution is -2.46. The Labute approximate surface area is 137 Å². The molecule has 0 aromatic rings. The fraction of sp³-hybridized carbons (Fsp3) is 1.00. The van der Waals surface area contributed by atoms with Gasteiger partial charge in [-0.25, -0.2) is 0 Å². The van der Waals surface area contributed by atoms with Crippen molar-refractivity contribution in [1.29, 1.82) is 0 Å². The number of hydrogen-bond acceptors (Lipinski definition) is 3. The first-order chi connectivity index (χ1) is 10.7. The summed E-state index contributed by atoms with van der Waals surface area (Å²) in [5.74, 6) is 0.749. The Balaban J connectivity index is 1.86. The molecule has 0 spiro atoms. The Morgan fingerprint density at radius 2 is 1.77 bits per heavy atom. The standard InChI is InChI=1S/C19H36O3/c1-4-20-18-12-9-13-19(14-18,22-5-2)15-21-16(3)17-10-7-6-8-11-17/h16-18H,4-15H2,1-3H3. The number of ether oxygens (including phenoxy) is 3. The first-order valence-corrected chi connectivity index (χ1v) is 9.56. The summed E-state index contributed by atoms with van der Waals surface area (Å²) in [4.78, 5) is 0. The third-order valence-electron chi connectivity index (χ3n) is 5.53. The van der Waals surface area contributed by atoms with E-state index < -0.39 is 0 Å². The second kappa shape index (κ2) is 9.24. The lowest BCUT2D eigenvalue weighted by atomic mass is 9.82. The molecule has 3 unspecified atom stereocenters. The molecular formula is C19H36O3. The van der Waals surface area contributed by atoms with E-state index in [1.54, 1.807) is 0 Å². The van der Waals surface area contributed by atoms with Crippen LogP contribution in [0.2, 0.25) is 0 Å². The van der Waals surface area contributed by atoms with Crippen LogP contribution >= 0.6 is 0 Å². The van der Waals surface area contributed by atoms with Crippen molar-refractivity contribution in [2.75, 3.05) is 19.8 Å². The lowest BCUT2D eigenvalue weighted by Gasteiger charge is -2.41. The highest BCUT2D eigenvalue weighted by Crippen LogP contribution is 2.35. The number of hydrogen-bond donors (Lipinski definition) is 0. The van der Waals surface area contributed by atoms with Crippen molar-refractivity contribution in [3.8, 4) is 0 Å². The fourth-order valence-electron chi connectivity index (χ4n) is 4.28. The summed E-state index contributed by atoms with van der Waals surface area (Å²) in [6.07, 6.45) is 12.0. The zero-order chi connectivity index (χ0) is 15.8. The van der Waals surface area contributed by atoms with Crippen LogP contribution in [0.3, 0.4) is 0 Å². The third kappa shape index (κ3) is 5.21. The van der Waals surface area contributed by atoms with Gasteiger partial charge in [-0.3, -0.25) is 0 Å². The summed E-state index contributed by atoms with van der Waals surface area (Å²) in [6.45, 7) is 8.74. The molecule has 0 bridgehead atoms. The predicted octanol–water partition coefficient (Wildman–Crippen LogP) is 4.73. The van der Waals surface area contributed by atoms with Gasteiger partial charge in [-0.1, -0.05) is 19.3 Å². The molecule has 0 saturated heterocycles. The summed E-state index contributed by atoms with van der Waals surface area (Å²) in [7, 11) is 0. The van der Waals surface area contributed by atoms with E-state index in [0.717, 1.165) is 38.6 Å². The Kier molecular flexibility index (Phi) is 7.66. The molecule has 2 aliphatic rings. The Bertz CT molecular complexity index is 295. The average molecular weight is 312 g/mol. The molecule has 0 aliphatic heterocycles. The molecular weight excluding hydrogens is 276 g/mol. The Hall–Kier alpha value is -0.120. The maximum absolute atomic E-state index is 6.32. The molecule has 0 N–H and O–H groups in total. The van der Waals surface area contributed by atoms with Crippen LogP contribution in [0.25, 0.3) is 0 Å². The van der Waals surface area contributed by atoms with E-state index in [4.69, 9.17) is 14.2 Å². The zero-order valence-electron chi connectivity index (χ0n) is 14.9. The Morgan fingerprint density at radius 1 is 1.00 bits per heavy atom. The first kappa shape index (κ1) is 18.2. The minimum absolute atomic E-state index is 0.115. The fourth-order valence-corrected chi connectivity index (χ4v) is 4.28. The SMILES string of the molecule is CCOC1CCCC(COC(C)C2CCCCC2)(OCC)C1. The molecule has 22 heavy (non-hydrogen) atoms. The van der Waals surface area contributed by atoms with E-state index in [9.17, 15) is 0 Å². The lowest BCUT2D eigenvalue weighted by molar-refractivity contribution is -0.157. The average Bonchev–Trinajstić information content (AvgIpc) is 2.54. The maximum atomic E-state index is 6.32. The summed E-state index contributed by atoms with van der Waals surface area (Å²) in [6, 6.07) is 0. The van der Waals surface area contributed by atoms with Crippen molar-refractivity contribution in [2.45, 2.75) is 96.4 Å². The van der Waals surface area contributed by atoms with Crippen molar-refractivity contribution in [2.24, 2.45) is 5.92 Å². The quantitative estimate of drug-likeness (QED) is 0.648. The van der Waals surface area contributed by atoms with Crippen molar-refractivity contribution in [3.05, 3.63) is 0 Å². The molecule has 0 aromatic carbocycles. The number of rotatable bonds is 8. The zero-order valence-corrected chi connectivity index (χ0v) is 14.9. The first-order valence-electron chi connectivity index (χ1n) is 9.56. The molecule has 2 saturated carbocycles. The van der Waals surface area contributed by atoms with Crippen LogP contribution < -0.4 is 0 Å². The van der Waals surface area contributed by atoms with Crippen LogP contribution in [0, 0.1) is 5.92 Å². The van der Waals surface area contributed by atoms with Crippen molar-refractivity contribution >= 4 is 0 Å². The van der Waals surface area contributed by atoms with Gasteiger partial charge in [0, 0.05) is 19.6 Å². The molecule has 3 atom stereocenters. The van der Waals surface area contributed by atoms with Gasteiger partial charge in [0.2, 0.25) is 0 Å². The normalized spacial score (nSPS) is 32.0. The van der Waals surface area contributed by atoms with E-state index in [1.165, 1.54) is 44.9 Å². The van der Waals surface area contributed by atoms with Gasteiger partial charge in [-0.05, 0) is 58.8 Å². The summed E-state index contributed by atoms with van der Waals surface area (Å²) in [5.41, 5.74) is -0.115. The molecule has 2 rings (SSSR count). The predicted molar refractivity (Wildman–Crippen MR) is 90.2 cm³/mol. The smallest absolute Gasteiger partial charge is 0.0939 e. The van der Waals surface area contributed by atoms with Gasteiger partial charge in [0.15, 0.2) is 0 Å². The topological polar surface area (TPSA) is 27.7 Å².